The topological polar surface area (TPSA) is 87.2 Å². The second-order valence-corrected chi connectivity index (χ2v) is 10.9. The number of nitrogens with one attached hydrogen (secondary N) is 2. The van der Waals surface area contributed by atoms with Crippen LogP contribution in [-0.2, 0) is 0 Å². The van der Waals surface area contributed by atoms with Gasteiger partial charge in [-0.3, -0.25) is 9.59 Å². The monoisotopic (exact) mass is 591 g/mol. The zero-order valence-electron chi connectivity index (χ0n) is 24.2. The minimum absolute atomic E-state index is 0.217. The van der Waals surface area contributed by atoms with E-state index in [1.165, 1.54) is 24.3 Å². The Hall–Kier alpha value is -5.02. The highest BCUT2D eigenvalue weighted by molar-refractivity contribution is 6.08. The first-order chi connectivity index (χ1) is 21.4. The molecule has 4 aromatic carbocycles. The molecule has 0 aliphatic carbocycles. The lowest BCUT2D eigenvalue weighted by Crippen LogP contribution is -2.31. The molecule has 7 nitrogen and oxygen atoms in total. The highest BCUT2D eigenvalue weighted by atomic mass is 19.1. The summed E-state index contributed by atoms with van der Waals surface area (Å²) in [7, 11) is 2.00. The van der Waals surface area contributed by atoms with Crippen LogP contribution in [-0.4, -0.2) is 59.9 Å². The van der Waals surface area contributed by atoms with Crippen molar-refractivity contribution in [2.24, 2.45) is 0 Å². The van der Waals surface area contributed by atoms with E-state index in [0.717, 1.165) is 47.5 Å². The van der Waals surface area contributed by atoms with Crippen LogP contribution in [0.1, 0.15) is 33.6 Å². The summed E-state index contributed by atoms with van der Waals surface area (Å²) in [5, 5.41) is 9.22. The van der Waals surface area contributed by atoms with Crippen LogP contribution >= 0.6 is 0 Å². The van der Waals surface area contributed by atoms with Gasteiger partial charge in [0.05, 0.1) is 33.2 Å². The third-order valence-electron chi connectivity index (χ3n) is 7.70. The smallest absolute Gasteiger partial charge is 0.253 e. The predicted molar refractivity (Wildman–Crippen MR) is 170 cm³/mol. The summed E-state index contributed by atoms with van der Waals surface area (Å²) in [6.45, 7) is 2.52. The van der Waals surface area contributed by atoms with E-state index in [4.69, 9.17) is 0 Å². The van der Waals surface area contributed by atoms with Crippen LogP contribution in [0.25, 0.3) is 43.6 Å². The lowest BCUT2D eigenvalue weighted by Gasteiger charge is -2.17. The van der Waals surface area contributed by atoms with Crippen molar-refractivity contribution in [3.8, 4) is 0 Å². The second-order valence-electron chi connectivity index (χ2n) is 10.9. The van der Waals surface area contributed by atoms with Crippen LogP contribution in [0.2, 0.25) is 0 Å². The molecule has 0 spiro atoms. The minimum Gasteiger partial charge on any atom is -0.352 e. The first kappa shape index (κ1) is 29.1. The van der Waals surface area contributed by atoms with E-state index >= 15 is 0 Å². The van der Waals surface area contributed by atoms with Gasteiger partial charge >= 0.3 is 0 Å². The number of carbonyl (C=O) groups excluding carboxylic acids is 2. The van der Waals surface area contributed by atoms with E-state index in [0.29, 0.717) is 46.3 Å². The van der Waals surface area contributed by atoms with Crippen molar-refractivity contribution in [2.45, 2.75) is 12.8 Å². The zero-order chi connectivity index (χ0) is 30.6. The number of para-hydroxylation sites is 2. The van der Waals surface area contributed by atoms with Gasteiger partial charge in [0.15, 0.2) is 0 Å². The van der Waals surface area contributed by atoms with Crippen molar-refractivity contribution in [3.63, 3.8) is 0 Å². The molecular weight excluding hydrogens is 560 g/mol. The molecule has 0 saturated heterocycles. The number of hydrogen-bond donors (Lipinski definition) is 2. The molecule has 2 N–H and O–H groups in total. The van der Waals surface area contributed by atoms with Gasteiger partial charge in [-0.25, -0.2) is 18.7 Å². The number of hydrogen-bond acceptors (Lipinski definition) is 5. The van der Waals surface area contributed by atoms with E-state index in [9.17, 15) is 18.4 Å². The maximum atomic E-state index is 13.7. The Balaban J connectivity index is 0.966. The Bertz CT molecular complexity index is 1890. The fourth-order valence-electron chi connectivity index (χ4n) is 5.42. The van der Waals surface area contributed by atoms with Crippen LogP contribution in [0.3, 0.4) is 0 Å². The zero-order valence-corrected chi connectivity index (χ0v) is 24.2. The maximum Gasteiger partial charge on any atom is 0.253 e. The molecule has 0 aliphatic rings. The SMILES string of the molecule is CN(CCCNC(=O)c1cccc2cc3ccc(F)cc3nc12)CCCNC(=O)c1cccc2cc3ccc(F)cc3nc12. The summed E-state index contributed by atoms with van der Waals surface area (Å²) in [5.74, 6) is -1.17. The van der Waals surface area contributed by atoms with Crippen LogP contribution in [0.4, 0.5) is 8.78 Å². The molecular formula is C35H31F2N5O2. The van der Waals surface area contributed by atoms with Gasteiger partial charge in [0.2, 0.25) is 0 Å². The lowest BCUT2D eigenvalue weighted by atomic mass is 10.1. The standard InChI is InChI=1S/C35H31F2N5O2/c1-42(16-4-14-38-34(43)28-8-2-6-24-18-22-10-12-26(36)20-30(22)40-32(24)28)17-5-15-39-35(44)29-9-3-7-25-19-23-11-13-27(37)21-31(23)41-33(25)29/h2-3,6-13,18-21H,4-5,14-17H2,1H3,(H,38,43)(H,39,44). The first-order valence-electron chi connectivity index (χ1n) is 14.6. The fourth-order valence-corrected chi connectivity index (χ4v) is 5.42. The molecule has 0 fully saturated rings. The molecule has 6 aromatic rings. The second kappa shape index (κ2) is 12.7. The Labute approximate surface area is 252 Å². The number of amides is 2. The molecule has 0 atom stereocenters. The Morgan fingerprint density at radius 2 is 1.09 bits per heavy atom. The summed E-state index contributed by atoms with van der Waals surface area (Å²) in [4.78, 5) is 37.2. The lowest BCUT2D eigenvalue weighted by molar-refractivity contribution is 0.0947. The summed E-state index contributed by atoms with van der Waals surface area (Å²) >= 11 is 0. The molecule has 2 heterocycles. The Morgan fingerprint density at radius 3 is 1.55 bits per heavy atom. The van der Waals surface area contributed by atoms with Gasteiger partial charge < -0.3 is 15.5 Å². The molecule has 0 unspecified atom stereocenters. The van der Waals surface area contributed by atoms with Crippen LogP contribution < -0.4 is 10.6 Å². The Morgan fingerprint density at radius 1 is 0.636 bits per heavy atom. The number of carbonyl (C=O) groups is 2. The Kier molecular flexibility index (Phi) is 8.38. The van der Waals surface area contributed by atoms with E-state index < -0.39 is 0 Å². The van der Waals surface area contributed by atoms with Gasteiger partial charge in [-0.15, -0.1) is 0 Å². The molecule has 44 heavy (non-hydrogen) atoms. The third-order valence-corrected chi connectivity index (χ3v) is 7.70. The number of fused-ring (bicyclic) bond motifs is 4. The van der Waals surface area contributed by atoms with E-state index in [1.54, 1.807) is 24.3 Å². The molecule has 2 aromatic heterocycles. The van der Waals surface area contributed by atoms with E-state index in [1.807, 2.05) is 43.4 Å². The minimum atomic E-state index is -0.368. The molecule has 0 bridgehead atoms. The van der Waals surface area contributed by atoms with Crippen LogP contribution in [0, 0.1) is 11.6 Å². The van der Waals surface area contributed by atoms with Crippen molar-refractivity contribution in [2.75, 3.05) is 33.2 Å². The number of nitrogens with zero attached hydrogens (tertiary/aromatic N) is 3. The summed E-state index contributed by atoms with van der Waals surface area (Å²) in [6, 6.07) is 23.6. The van der Waals surface area contributed by atoms with Crippen LogP contribution in [0.15, 0.2) is 84.9 Å². The van der Waals surface area contributed by atoms with Gasteiger partial charge in [-0.2, -0.15) is 0 Å². The molecule has 0 aliphatic heterocycles. The number of halogens is 2. The average Bonchev–Trinajstić information content (AvgIpc) is 3.02. The molecule has 9 heteroatoms. The van der Waals surface area contributed by atoms with Gasteiger partial charge in [-0.05, 0) is 81.5 Å². The summed E-state index contributed by atoms with van der Waals surface area (Å²) in [5.41, 5.74) is 3.02. The molecule has 222 valence electrons. The largest absolute Gasteiger partial charge is 0.352 e. The number of pyridine rings is 2. The van der Waals surface area contributed by atoms with Gasteiger partial charge in [-0.1, -0.05) is 24.3 Å². The first-order valence-corrected chi connectivity index (χ1v) is 14.6. The normalized spacial score (nSPS) is 11.5. The summed E-state index contributed by atoms with van der Waals surface area (Å²) < 4.78 is 27.4. The van der Waals surface area contributed by atoms with Crippen LogP contribution in [0.5, 0.6) is 0 Å². The van der Waals surface area contributed by atoms with Crippen molar-refractivity contribution in [1.82, 2.24) is 25.5 Å². The van der Waals surface area contributed by atoms with E-state index in [-0.39, 0.29) is 23.4 Å². The van der Waals surface area contributed by atoms with Crippen molar-refractivity contribution >= 4 is 55.4 Å². The molecule has 0 radical (unpaired) electrons. The van der Waals surface area contributed by atoms with Crippen molar-refractivity contribution in [1.29, 1.82) is 0 Å². The number of benzene rings is 4. The van der Waals surface area contributed by atoms with Crippen molar-refractivity contribution in [3.05, 3.63) is 108 Å². The van der Waals surface area contributed by atoms with E-state index in [2.05, 4.69) is 25.5 Å². The number of aromatic nitrogens is 2. The van der Waals surface area contributed by atoms with Gasteiger partial charge in [0, 0.05) is 46.8 Å². The highest BCUT2D eigenvalue weighted by Gasteiger charge is 2.14. The molecule has 6 rings (SSSR count). The summed E-state index contributed by atoms with van der Waals surface area (Å²) in [6.07, 6.45) is 1.49. The molecule has 2 amide bonds. The molecule has 0 saturated carbocycles. The fraction of sp³-hybridized carbons (Fsp3) is 0.200. The highest BCUT2D eigenvalue weighted by Crippen LogP contribution is 2.24. The van der Waals surface area contributed by atoms with Crippen molar-refractivity contribution < 1.29 is 18.4 Å². The predicted octanol–water partition coefficient (Wildman–Crippen LogP) is 6.24. The quantitative estimate of drug-likeness (QED) is 0.146. The third kappa shape index (κ3) is 6.33. The van der Waals surface area contributed by atoms with Gasteiger partial charge in [0.25, 0.3) is 11.8 Å². The number of rotatable bonds is 10. The van der Waals surface area contributed by atoms with Gasteiger partial charge in [0.1, 0.15) is 11.6 Å². The maximum absolute atomic E-state index is 13.7. The average molecular weight is 592 g/mol.